The lowest BCUT2D eigenvalue weighted by Crippen LogP contribution is -2.12. The molecule has 1 aromatic heterocycles. The molecule has 1 aromatic rings. The van der Waals surface area contributed by atoms with Gasteiger partial charge in [-0.05, 0) is 18.6 Å². The minimum absolute atomic E-state index is 0.154. The molecular weight excluding hydrogens is 200 g/mol. The van der Waals surface area contributed by atoms with Crippen molar-refractivity contribution in [3.63, 3.8) is 0 Å². The number of carbonyl (C=O) groups is 1. The Morgan fingerprint density at radius 1 is 1.57 bits per heavy atom. The van der Waals surface area contributed by atoms with Gasteiger partial charge in [-0.1, -0.05) is 11.6 Å². The Balaban J connectivity index is 1.92. The predicted octanol–water partition coefficient (Wildman–Crippen LogP) is 1.71. The van der Waals surface area contributed by atoms with Crippen molar-refractivity contribution in [2.75, 3.05) is 5.75 Å². The molecule has 1 aliphatic rings. The zero-order chi connectivity index (χ0) is 9.80. The highest BCUT2D eigenvalue weighted by Gasteiger charge is 2.17. The van der Waals surface area contributed by atoms with Crippen LogP contribution in [0.1, 0.15) is 35.8 Å². The molecule has 1 unspecified atom stereocenters. The zero-order valence-corrected chi connectivity index (χ0v) is 8.63. The van der Waals surface area contributed by atoms with Crippen molar-refractivity contribution in [2.24, 2.45) is 0 Å². The van der Waals surface area contributed by atoms with E-state index in [1.54, 1.807) is 0 Å². The Hall–Kier alpha value is -0.840. The van der Waals surface area contributed by atoms with Crippen molar-refractivity contribution in [1.29, 1.82) is 0 Å². The molecule has 76 valence electrons. The van der Waals surface area contributed by atoms with Gasteiger partial charge in [-0.25, -0.2) is 0 Å². The monoisotopic (exact) mass is 212 g/mol. The Labute approximate surface area is 86.4 Å². The minimum Gasteiger partial charge on any atom is -0.339 e. The molecule has 0 saturated carbocycles. The third-order valence-electron chi connectivity index (χ3n) is 2.27. The van der Waals surface area contributed by atoms with Gasteiger partial charge in [0.1, 0.15) is 0 Å². The van der Waals surface area contributed by atoms with Crippen molar-refractivity contribution in [3.8, 4) is 0 Å². The number of hydrogen-bond acceptors (Lipinski definition) is 5. The van der Waals surface area contributed by atoms with Crippen LogP contribution in [0.15, 0.2) is 4.52 Å². The van der Waals surface area contributed by atoms with E-state index < -0.39 is 0 Å². The molecule has 1 fully saturated rings. The molecule has 2 heterocycles. The molecule has 0 aliphatic carbocycles. The topological polar surface area (TPSA) is 56.0 Å². The maximum Gasteiger partial charge on any atom is 0.235 e. The Kier molecular flexibility index (Phi) is 3.18. The van der Waals surface area contributed by atoms with Crippen LogP contribution in [0.5, 0.6) is 0 Å². The molecule has 4 nitrogen and oxygen atoms in total. The third-order valence-corrected chi connectivity index (χ3v) is 3.66. The second kappa shape index (κ2) is 4.59. The van der Waals surface area contributed by atoms with E-state index in [-0.39, 0.29) is 5.82 Å². The Morgan fingerprint density at radius 3 is 3.14 bits per heavy atom. The fourth-order valence-electron chi connectivity index (χ4n) is 1.56. The summed E-state index contributed by atoms with van der Waals surface area (Å²) in [6.07, 6.45) is 5.22. The van der Waals surface area contributed by atoms with E-state index in [0.29, 0.717) is 17.4 Å². The maximum atomic E-state index is 10.3. The van der Waals surface area contributed by atoms with Crippen LogP contribution in [-0.4, -0.2) is 27.4 Å². The first-order valence-corrected chi connectivity index (χ1v) is 5.83. The number of rotatable bonds is 3. The van der Waals surface area contributed by atoms with Crippen LogP contribution >= 0.6 is 11.8 Å². The second-order valence-electron chi connectivity index (χ2n) is 3.36. The lowest BCUT2D eigenvalue weighted by molar-refractivity contribution is 0.111. The fourth-order valence-corrected chi connectivity index (χ4v) is 2.86. The molecule has 0 bridgehead atoms. The molecule has 0 N–H and O–H groups in total. The average Bonchev–Trinajstić information content (AvgIpc) is 2.67. The number of aromatic nitrogens is 2. The smallest absolute Gasteiger partial charge is 0.235 e. The standard InChI is InChI=1S/C9H12N2O2S/c12-6-8-10-9(13-11-8)5-7-3-1-2-4-14-7/h6-7H,1-5H2. The van der Waals surface area contributed by atoms with E-state index in [4.69, 9.17) is 4.52 Å². The van der Waals surface area contributed by atoms with Gasteiger partial charge < -0.3 is 4.52 Å². The summed E-state index contributed by atoms with van der Waals surface area (Å²) in [5.74, 6) is 1.96. The van der Waals surface area contributed by atoms with Crippen LogP contribution in [0.3, 0.4) is 0 Å². The lowest BCUT2D eigenvalue weighted by atomic mass is 10.1. The molecule has 0 spiro atoms. The van der Waals surface area contributed by atoms with Gasteiger partial charge in [0.25, 0.3) is 0 Å². The molecule has 14 heavy (non-hydrogen) atoms. The summed E-state index contributed by atoms with van der Waals surface area (Å²) in [6, 6.07) is 0. The molecule has 1 aliphatic heterocycles. The van der Waals surface area contributed by atoms with Crippen molar-refractivity contribution in [1.82, 2.24) is 10.1 Å². The van der Waals surface area contributed by atoms with E-state index >= 15 is 0 Å². The van der Waals surface area contributed by atoms with E-state index in [1.165, 1.54) is 25.0 Å². The number of hydrogen-bond donors (Lipinski definition) is 0. The van der Waals surface area contributed by atoms with Crippen LogP contribution in [-0.2, 0) is 6.42 Å². The van der Waals surface area contributed by atoms with Crippen molar-refractivity contribution in [3.05, 3.63) is 11.7 Å². The Morgan fingerprint density at radius 2 is 2.50 bits per heavy atom. The molecule has 1 saturated heterocycles. The first kappa shape index (κ1) is 9.71. The lowest BCUT2D eigenvalue weighted by Gasteiger charge is -2.18. The summed E-state index contributed by atoms with van der Waals surface area (Å²) < 4.78 is 4.95. The number of nitrogens with zero attached hydrogens (tertiary/aromatic N) is 2. The summed E-state index contributed by atoms with van der Waals surface area (Å²) >= 11 is 1.96. The van der Waals surface area contributed by atoms with Crippen molar-refractivity contribution in [2.45, 2.75) is 30.9 Å². The highest BCUT2D eigenvalue weighted by molar-refractivity contribution is 7.99. The van der Waals surface area contributed by atoms with Gasteiger partial charge in [0.05, 0.1) is 0 Å². The summed E-state index contributed by atoms with van der Waals surface area (Å²) in [4.78, 5) is 14.3. The first-order chi connectivity index (χ1) is 6.88. The fraction of sp³-hybridized carbons (Fsp3) is 0.667. The quantitative estimate of drug-likeness (QED) is 0.714. The summed E-state index contributed by atoms with van der Waals surface area (Å²) in [7, 11) is 0. The largest absolute Gasteiger partial charge is 0.339 e. The zero-order valence-electron chi connectivity index (χ0n) is 7.81. The van der Waals surface area contributed by atoms with E-state index in [0.717, 1.165) is 6.42 Å². The first-order valence-electron chi connectivity index (χ1n) is 4.78. The van der Waals surface area contributed by atoms with Crippen LogP contribution in [0, 0.1) is 0 Å². The molecule has 0 radical (unpaired) electrons. The number of thioether (sulfide) groups is 1. The van der Waals surface area contributed by atoms with E-state index in [1.807, 2.05) is 11.8 Å². The SMILES string of the molecule is O=Cc1noc(CC2CCCCS2)n1. The highest BCUT2D eigenvalue weighted by Crippen LogP contribution is 2.27. The molecule has 5 heteroatoms. The van der Waals surface area contributed by atoms with Gasteiger partial charge in [0.2, 0.25) is 11.7 Å². The van der Waals surface area contributed by atoms with Crippen LogP contribution in [0.2, 0.25) is 0 Å². The van der Waals surface area contributed by atoms with Gasteiger partial charge in [-0.3, -0.25) is 4.79 Å². The summed E-state index contributed by atoms with van der Waals surface area (Å²) in [5, 5.41) is 4.12. The maximum absolute atomic E-state index is 10.3. The van der Waals surface area contributed by atoms with E-state index in [9.17, 15) is 4.79 Å². The average molecular weight is 212 g/mol. The molecular formula is C9H12N2O2S. The Bertz CT molecular complexity index is 308. The predicted molar refractivity (Wildman–Crippen MR) is 53.5 cm³/mol. The van der Waals surface area contributed by atoms with Gasteiger partial charge in [0.15, 0.2) is 6.29 Å². The number of carbonyl (C=O) groups excluding carboxylic acids is 1. The normalized spacial score (nSPS) is 22.1. The third kappa shape index (κ3) is 2.35. The van der Waals surface area contributed by atoms with E-state index in [2.05, 4.69) is 10.1 Å². The van der Waals surface area contributed by atoms with Gasteiger partial charge in [-0.2, -0.15) is 16.7 Å². The second-order valence-corrected chi connectivity index (χ2v) is 4.77. The molecule has 0 aromatic carbocycles. The van der Waals surface area contributed by atoms with Crippen molar-refractivity contribution >= 4 is 18.0 Å². The minimum atomic E-state index is 0.154. The molecule has 2 rings (SSSR count). The number of aldehydes is 1. The summed E-state index contributed by atoms with van der Waals surface area (Å²) in [5.41, 5.74) is 0. The van der Waals surface area contributed by atoms with Crippen molar-refractivity contribution < 1.29 is 9.32 Å². The van der Waals surface area contributed by atoms with Gasteiger partial charge >= 0.3 is 0 Å². The molecule has 0 amide bonds. The van der Waals surface area contributed by atoms with Crippen LogP contribution < -0.4 is 0 Å². The molecule has 1 atom stereocenters. The summed E-state index contributed by atoms with van der Waals surface area (Å²) in [6.45, 7) is 0. The van der Waals surface area contributed by atoms with Gasteiger partial charge in [-0.15, -0.1) is 0 Å². The van der Waals surface area contributed by atoms with Gasteiger partial charge in [0, 0.05) is 11.7 Å². The van der Waals surface area contributed by atoms with Crippen LogP contribution in [0.25, 0.3) is 0 Å². The highest BCUT2D eigenvalue weighted by atomic mass is 32.2. The van der Waals surface area contributed by atoms with Crippen LogP contribution in [0.4, 0.5) is 0 Å².